The van der Waals surface area contributed by atoms with Gasteiger partial charge in [0.25, 0.3) is 5.91 Å². The van der Waals surface area contributed by atoms with Crippen LogP contribution in [0.4, 0.5) is 0 Å². The number of amides is 1. The highest BCUT2D eigenvalue weighted by Crippen LogP contribution is 2.27. The Labute approximate surface area is 165 Å². The zero-order valence-electron chi connectivity index (χ0n) is 16.3. The molecule has 0 saturated carbocycles. The van der Waals surface area contributed by atoms with Crippen molar-refractivity contribution in [2.45, 2.75) is 32.7 Å². The van der Waals surface area contributed by atoms with Gasteiger partial charge in [-0.2, -0.15) is 0 Å². The van der Waals surface area contributed by atoms with Crippen LogP contribution in [0.25, 0.3) is 17.0 Å². The molecule has 3 rings (SSSR count). The number of benzene rings is 2. The highest BCUT2D eigenvalue weighted by atomic mass is 16.5. The molecule has 0 spiro atoms. The van der Waals surface area contributed by atoms with Crippen LogP contribution in [0.1, 0.15) is 42.1 Å². The molecular weight excluding hydrogens is 350 g/mol. The van der Waals surface area contributed by atoms with Crippen molar-refractivity contribution in [3.63, 3.8) is 0 Å². The molecule has 146 valence electrons. The van der Waals surface area contributed by atoms with Crippen LogP contribution in [0.5, 0.6) is 0 Å². The SMILES string of the molecule is CC(C)c1[nH]c2ccccc2c1CCNCc1ccc(C=CC(=O)NO)cc1. The molecule has 0 radical (unpaired) electrons. The van der Waals surface area contributed by atoms with E-state index in [0.717, 1.165) is 25.1 Å². The summed E-state index contributed by atoms with van der Waals surface area (Å²) in [5.41, 5.74) is 7.61. The monoisotopic (exact) mass is 377 g/mol. The first-order valence-electron chi connectivity index (χ1n) is 9.59. The predicted octanol–water partition coefficient (Wildman–Crippen LogP) is 4.14. The lowest BCUT2D eigenvalue weighted by Crippen LogP contribution is -2.17. The second-order valence-corrected chi connectivity index (χ2v) is 7.20. The van der Waals surface area contributed by atoms with E-state index in [1.807, 2.05) is 24.3 Å². The molecule has 0 atom stereocenters. The minimum absolute atomic E-state index is 0.468. The molecule has 0 fully saturated rings. The molecule has 28 heavy (non-hydrogen) atoms. The van der Waals surface area contributed by atoms with E-state index in [1.165, 1.54) is 33.8 Å². The summed E-state index contributed by atoms with van der Waals surface area (Å²) in [4.78, 5) is 14.6. The number of hydrogen-bond acceptors (Lipinski definition) is 3. The molecule has 0 aliphatic rings. The summed E-state index contributed by atoms with van der Waals surface area (Å²) in [6.45, 7) is 6.14. The first-order chi connectivity index (χ1) is 13.6. The third kappa shape index (κ3) is 4.88. The van der Waals surface area contributed by atoms with Gasteiger partial charge in [0.2, 0.25) is 0 Å². The number of hydroxylamine groups is 1. The number of fused-ring (bicyclic) bond motifs is 1. The van der Waals surface area contributed by atoms with Crippen molar-refractivity contribution in [3.8, 4) is 0 Å². The van der Waals surface area contributed by atoms with E-state index in [-0.39, 0.29) is 0 Å². The van der Waals surface area contributed by atoms with Gasteiger partial charge >= 0.3 is 0 Å². The molecule has 0 saturated heterocycles. The first kappa shape index (κ1) is 19.9. The van der Waals surface area contributed by atoms with Crippen molar-refractivity contribution in [1.29, 1.82) is 0 Å². The molecule has 1 heterocycles. The number of aromatic amines is 1. The Morgan fingerprint density at radius 1 is 1.14 bits per heavy atom. The number of nitrogens with one attached hydrogen (secondary N) is 3. The van der Waals surface area contributed by atoms with Gasteiger partial charge in [0, 0.05) is 29.2 Å². The Bertz CT molecular complexity index is 956. The average Bonchev–Trinajstić information content (AvgIpc) is 3.09. The number of H-pyrrole nitrogens is 1. The molecule has 2 aromatic carbocycles. The van der Waals surface area contributed by atoms with Gasteiger partial charge in [0.15, 0.2) is 0 Å². The van der Waals surface area contributed by atoms with Gasteiger partial charge in [0.05, 0.1) is 0 Å². The van der Waals surface area contributed by atoms with E-state index in [2.05, 4.69) is 48.4 Å². The zero-order valence-corrected chi connectivity index (χ0v) is 16.3. The molecule has 0 aliphatic heterocycles. The van der Waals surface area contributed by atoms with Crippen LogP contribution in [0, 0.1) is 0 Å². The van der Waals surface area contributed by atoms with Crippen LogP contribution in [-0.4, -0.2) is 22.6 Å². The second kappa shape index (κ2) is 9.35. The molecule has 0 unspecified atom stereocenters. The minimum atomic E-state index is -0.538. The van der Waals surface area contributed by atoms with E-state index in [0.29, 0.717) is 5.92 Å². The fourth-order valence-electron chi connectivity index (χ4n) is 3.38. The van der Waals surface area contributed by atoms with Crippen molar-refractivity contribution in [2.75, 3.05) is 6.54 Å². The summed E-state index contributed by atoms with van der Waals surface area (Å²) in [5, 5.41) is 13.3. The van der Waals surface area contributed by atoms with Gasteiger partial charge in [0.1, 0.15) is 0 Å². The van der Waals surface area contributed by atoms with E-state index in [4.69, 9.17) is 5.21 Å². The largest absolute Gasteiger partial charge is 0.358 e. The standard InChI is InChI=1S/C23H27N3O2/c1-16(2)23-20(19-5-3-4-6-21(19)25-23)13-14-24-15-18-9-7-17(8-10-18)11-12-22(27)26-28/h3-12,16,24-25,28H,13-15H2,1-2H3,(H,26,27). The van der Waals surface area contributed by atoms with E-state index in [9.17, 15) is 4.79 Å². The van der Waals surface area contributed by atoms with Crippen LogP contribution >= 0.6 is 0 Å². The van der Waals surface area contributed by atoms with Crippen molar-refractivity contribution >= 4 is 22.9 Å². The Morgan fingerprint density at radius 2 is 1.89 bits per heavy atom. The van der Waals surface area contributed by atoms with Gasteiger partial charge in [-0.3, -0.25) is 10.0 Å². The van der Waals surface area contributed by atoms with Crippen molar-refractivity contribution < 1.29 is 10.0 Å². The first-order valence-corrected chi connectivity index (χ1v) is 9.59. The topological polar surface area (TPSA) is 77.2 Å². The van der Waals surface area contributed by atoms with Crippen molar-refractivity contribution in [1.82, 2.24) is 15.8 Å². The van der Waals surface area contributed by atoms with Gasteiger partial charge in [-0.25, -0.2) is 5.48 Å². The second-order valence-electron chi connectivity index (χ2n) is 7.20. The number of para-hydroxylation sites is 1. The lowest BCUT2D eigenvalue weighted by molar-refractivity contribution is -0.124. The molecule has 5 heteroatoms. The number of rotatable bonds is 8. The molecule has 3 aromatic rings. The predicted molar refractivity (Wildman–Crippen MR) is 113 cm³/mol. The molecule has 0 bridgehead atoms. The average molecular weight is 377 g/mol. The summed E-state index contributed by atoms with van der Waals surface area (Å²) >= 11 is 0. The third-order valence-corrected chi connectivity index (χ3v) is 4.82. The van der Waals surface area contributed by atoms with Gasteiger partial charge in [-0.15, -0.1) is 0 Å². The Hall–Kier alpha value is -2.89. The highest BCUT2D eigenvalue weighted by Gasteiger charge is 2.13. The molecule has 4 N–H and O–H groups in total. The summed E-state index contributed by atoms with van der Waals surface area (Å²) in [7, 11) is 0. The Kier molecular flexibility index (Phi) is 6.63. The molecule has 1 amide bonds. The normalized spacial score (nSPS) is 11.6. The van der Waals surface area contributed by atoms with Crippen molar-refractivity contribution in [2.24, 2.45) is 0 Å². The van der Waals surface area contributed by atoms with Gasteiger partial charge in [-0.1, -0.05) is 56.3 Å². The summed E-state index contributed by atoms with van der Waals surface area (Å²) in [6, 6.07) is 16.5. The van der Waals surface area contributed by atoms with E-state index >= 15 is 0 Å². The van der Waals surface area contributed by atoms with Crippen LogP contribution in [-0.2, 0) is 17.8 Å². The van der Waals surface area contributed by atoms with Crippen LogP contribution < -0.4 is 10.8 Å². The van der Waals surface area contributed by atoms with Crippen LogP contribution in [0.2, 0.25) is 0 Å². The Balaban J connectivity index is 1.56. The lowest BCUT2D eigenvalue weighted by atomic mass is 10.0. The number of hydrogen-bond donors (Lipinski definition) is 4. The number of carbonyl (C=O) groups excluding carboxylic acids is 1. The zero-order chi connectivity index (χ0) is 19.9. The van der Waals surface area contributed by atoms with E-state index < -0.39 is 5.91 Å². The number of aromatic nitrogens is 1. The molecule has 0 aliphatic carbocycles. The molecule has 1 aromatic heterocycles. The van der Waals surface area contributed by atoms with Gasteiger partial charge < -0.3 is 10.3 Å². The third-order valence-electron chi connectivity index (χ3n) is 4.82. The van der Waals surface area contributed by atoms with E-state index in [1.54, 1.807) is 11.6 Å². The summed E-state index contributed by atoms with van der Waals surface area (Å²) in [5.74, 6) is -0.0697. The quantitative estimate of drug-likeness (QED) is 0.206. The maximum Gasteiger partial charge on any atom is 0.267 e. The van der Waals surface area contributed by atoms with Crippen LogP contribution in [0.15, 0.2) is 54.6 Å². The maximum absolute atomic E-state index is 11.0. The van der Waals surface area contributed by atoms with Gasteiger partial charge in [-0.05, 0) is 47.7 Å². The number of carbonyl (C=O) groups is 1. The fraction of sp³-hybridized carbons (Fsp3) is 0.261. The minimum Gasteiger partial charge on any atom is -0.358 e. The summed E-state index contributed by atoms with van der Waals surface area (Å²) in [6.07, 6.45) is 3.93. The molecule has 5 nitrogen and oxygen atoms in total. The highest BCUT2D eigenvalue weighted by molar-refractivity contribution is 5.90. The van der Waals surface area contributed by atoms with Crippen molar-refractivity contribution in [3.05, 3.63) is 77.0 Å². The lowest BCUT2D eigenvalue weighted by Gasteiger charge is -2.09. The Morgan fingerprint density at radius 3 is 2.61 bits per heavy atom. The smallest absolute Gasteiger partial charge is 0.267 e. The summed E-state index contributed by atoms with van der Waals surface area (Å²) < 4.78 is 0. The van der Waals surface area contributed by atoms with Crippen LogP contribution in [0.3, 0.4) is 0 Å². The molecular formula is C23H27N3O2. The maximum atomic E-state index is 11.0. The fourth-order valence-corrected chi connectivity index (χ4v) is 3.38.